The molecule has 20 heavy (non-hydrogen) atoms. The van der Waals surface area contributed by atoms with E-state index in [1.54, 1.807) is 11.5 Å². The van der Waals surface area contributed by atoms with Crippen LogP contribution in [-0.4, -0.2) is 15.6 Å². The Morgan fingerprint density at radius 2 is 1.85 bits per heavy atom. The number of aromatic nitrogens is 1. The molecule has 0 aliphatic carbocycles. The average Bonchev–Trinajstić information content (AvgIpc) is 2.82. The molecule has 6 heteroatoms. The highest BCUT2D eigenvalue weighted by Crippen LogP contribution is 2.38. The second kappa shape index (κ2) is 5.03. The summed E-state index contributed by atoms with van der Waals surface area (Å²) in [6.07, 6.45) is -1.76. The summed E-state index contributed by atoms with van der Waals surface area (Å²) in [4.78, 5) is 11.2. The highest BCUT2D eigenvalue weighted by Gasteiger charge is 2.34. The molecule has 1 N–H and O–H groups in total. The third-order valence-electron chi connectivity index (χ3n) is 3.00. The summed E-state index contributed by atoms with van der Waals surface area (Å²) in [5.41, 5.74) is -1.02. The minimum absolute atomic E-state index is 0.0762. The minimum Gasteiger partial charge on any atom is -0.478 e. The SMILES string of the molecule is CCn1cc(C(=O)O)c(-c2ccccc2C(F)(F)F)c1. The van der Waals surface area contributed by atoms with Gasteiger partial charge in [0.1, 0.15) is 0 Å². The topological polar surface area (TPSA) is 42.2 Å². The number of hydrogen-bond donors (Lipinski definition) is 1. The maximum absolute atomic E-state index is 13.0. The molecule has 2 rings (SSSR count). The Labute approximate surface area is 113 Å². The number of rotatable bonds is 3. The van der Waals surface area contributed by atoms with E-state index >= 15 is 0 Å². The molecule has 0 saturated heterocycles. The lowest BCUT2D eigenvalue weighted by Gasteiger charge is -2.12. The lowest BCUT2D eigenvalue weighted by Crippen LogP contribution is -2.07. The van der Waals surface area contributed by atoms with Crippen LogP contribution >= 0.6 is 0 Å². The van der Waals surface area contributed by atoms with Gasteiger partial charge in [-0.2, -0.15) is 13.2 Å². The third kappa shape index (κ3) is 2.54. The van der Waals surface area contributed by atoms with Crippen molar-refractivity contribution in [3.63, 3.8) is 0 Å². The van der Waals surface area contributed by atoms with Crippen LogP contribution < -0.4 is 0 Å². The number of carboxylic acid groups (broad SMARTS) is 1. The molecule has 0 aliphatic rings. The van der Waals surface area contributed by atoms with E-state index in [0.717, 1.165) is 6.07 Å². The summed E-state index contributed by atoms with van der Waals surface area (Å²) in [5.74, 6) is -1.25. The maximum Gasteiger partial charge on any atom is 0.417 e. The van der Waals surface area contributed by atoms with Gasteiger partial charge in [0, 0.05) is 24.5 Å². The van der Waals surface area contributed by atoms with Gasteiger partial charge in [0.25, 0.3) is 0 Å². The maximum atomic E-state index is 13.0. The van der Waals surface area contributed by atoms with Gasteiger partial charge in [0.2, 0.25) is 0 Å². The summed E-state index contributed by atoms with van der Waals surface area (Å²) in [6.45, 7) is 2.26. The normalized spacial score (nSPS) is 11.6. The molecule has 0 fully saturated rings. The molecule has 1 heterocycles. The van der Waals surface area contributed by atoms with Crippen molar-refractivity contribution in [1.29, 1.82) is 0 Å². The van der Waals surface area contributed by atoms with Crippen molar-refractivity contribution in [2.24, 2.45) is 0 Å². The largest absolute Gasteiger partial charge is 0.478 e. The fourth-order valence-corrected chi connectivity index (χ4v) is 2.04. The Bertz CT molecular complexity index is 644. The second-order valence-electron chi connectivity index (χ2n) is 4.26. The summed E-state index contributed by atoms with van der Waals surface area (Å²) in [6, 6.07) is 4.97. The van der Waals surface area contributed by atoms with E-state index in [4.69, 9.17) is 5.11 Å². The fraction of sp³-hybridized carbons (Fsp3) is 0.214. The number of carbonyl (C=O) groups is 1. The molecule has 0 unspecified atom stereocenters. The summed E-state index contributed by atoms with van der Waals surface area (Å²) in [7, 11) is 0. The Morgan fingerprint density at radius 3 is 2.40 bits per heavy atom. The molecule has 1 aromatic carbocycles. The van der Waals surface area contributed by atoms with Gasteiger partial charge in [-0.25, -0.2) is 4.79 Å². The van der Waals surface area contributed by atoms with Crippen LogP contribution in [0.1, 0.15) is 22.8 Å². The van der Waals surface area contributed by atoms with Crippen LogP contribution in [0.4, 0.5) is 13.2 Å². The number of hydrogen-bond acceptors (Lipinski definition) is 1. The number of aryl methyl sites for hydroxylation is 1. The van der Waals surface area contributed by atoms with E-state index in [1.807, 2.05) is 0 Å². The van der Waals surface area contributed by atoms with Gasteiger partial charge in [0.15, 0.2) is 0 Å². The Balaban J connectivity index is 2.69. The Kier molecular flexibility index (Phi) is 3.57. The molecule has 0 spiro atoms. The first-order valence-electron chi connectivity index (χ1n) is 5.94. The van der Waals surface area contributed by atoms with Crippen molar-refractivity contribution in [2.75, 3.05) is 0 Å². The highest BCUT2D eigenvalue weighted by molar-refractivity contribution is 5.96. The van der Waals surface area contributed by atoms with Crippen LogP contribution in [0.15, 0.2) is 36.7 Å². The Hall–Kier alpha value is -2.24. The molecule has 1 aromatic heterocycles. The molecule has 0 radical (unpaired) electrons. The smallest absolute Gasteiger partial charge is 0.417 e. The standard InChI is InChI=1S/C14H12F3NO2/c1-2-18-7-10(11(8-18)13(19)20)9-5-3-4-6-12(9)14(15,16)17/h3-8H,2H2,1H3,(H,19,20). The lowest BCUT2D eigenvalue weighted by atomic mass is 9.98. The van der Waals surface area contributed by atoms with Crippen LogP contribution in [0, 0.1) is 0 Å². The Morgan fingerprint density at radius 1 is 1.20 bits per heavy atom. The predicted molar refractivity (Wildman–Crippen MR) is 67.5 cm³/mol. The zero-order chi connectivity index (χ0) is 14.9. The number of benzene rings is 1. The van der Waals surface area contributed by atoms with Crippen molar-refractivity contribution in [2.45, 2.75) is 19.6 Å². The molecule has 0 bridgehead atoms. The van der Waals surface area contributed by atoms with E-state index < -0.39 is 17.7 Å². The summed E-state index contributed by atoms with van der Waals surface area (Å²) >= 11 is 0. The molecular weight excluding hydrogens is 271 g/mol. The molecule has 2 aromatic rings. The quantitative estimate of drug-likeness (QED) is 0.928. The zero-order valence-electron chi connectivity index (χ0n) is 10.6. The molecule has 0 saturated carbocycles. The van der Waals surface area contributed by atoms with Crippen LogP contribution in [-0.2, 0) is 12.7 Å². The molecule has 0 aliphatic heterocycles. The van der Waals surface area contributed by atoms with Gasteiger partial charge in [-0.05, 0) is 18.6 Å². The van der Waals surface area contributed by atoms with Crippen LogP contribution in [0.3, 0.4) is 0 Å². The first-order chi connectivity index (χ1) is 9.34. The van der Waals surface area contributed by atoms with E-state index in [2.05, 4.69) is 0 Å². The van der Waals surface area contributed by atoms with Crippen molar-refractivity contribution in [3.05, 3.63) is 47.8 Å². The molecular formula is C14H12F3NO2. The van der Waals surface area contributed by atoms with E-state index in [1.165, 1.54) is 30.6 Å². The van der Waals surface area contributed by atoms with Gasteiger partial charge in [-0.1, -0.05) is 18.2 Å². The fourth-order valence-electron chi connectivity index (χ4n) is 2.04. The van der Waals surface area contributed by atoms with Crippen LogP contribution in [0.2, 0.25) is 0 Å². The number of alkyl halides is 3. The predicted octanol–water partition coefficient (Wildman–Crippen LogP) is 3.89. The first kappa shape index (κ1) is 14.2. The number of nitrogens with zero attached hydrogens (tertiary/aromatic N) is 1. The minimum atomic E-state index is -4.53. The third-order valence-corrected chi connectivity index (χ3v) is 3.00. The summed E-state index contributed by atoms with van der Waals surface area (Å²) in [5, 5.41) is 9.13. The molecule has 3 nitrogen and oxygen atoms in total. The van der Waals surface area contributed by atoms with Gasteiger partial charge in [0.05, 0.1) is 11.1 Å². The van der Waals surface area contributed by atoms with Crippen molar-refractivity contribution in [3.8, 4) is 11.1 Å². The number of carboxylic acids is 1. The second-order valence-corrected chi connectivity index (χ2v) is 4.26. The molecule has 0 amide bonds. The monoisotopic (exact) mass is 283 g/mol. The molecule has 0 atom stereocenters. The molecule has 106 valence electrons. The summed E-state index contributed by atoms with van der Waals surface area (Å²) < 4.78 is 40.6. The van der Waals surface area contributed by atoms with Crippen LogP contribution in [0.5, 0.6) is 0 Å². The highest BCUT2D eigenvalue weighted by atomic mass is 19.4. The van der Waals surface area contributed by atoms with Crippen LogP contribution in [0.25, 0.3) is 11.1 Å². The van der Waals surface area contributed by atoms with Gasteiger partial charge in [-0.3, -0.25) is 0 Å². The van der Waals surface area contributed by atoms with Crippen molar-refractivity contribution in [1.82, 2.24) is 4.57 Å². The number of halogens is 3. The lowest BCUT2D eigenvalue weighted by molar-refractivity contribution is -0.137. The van der Waals surface area contributed by atoms with Gasteiger partial charge >= 0.3 is 12.1 Å². The van der Waals surface area contributed by atoms with E-state index in [0.29, 0.717) is 6.54 Å². The first-order valence-corrected chi connectivity index (χ1v) is 5.94. The average molecular weight is 283 g/mol. The van der Waals surface area contributed by atoms with Gasteiger partial charge in [-0.15, -0.1) is 0 Å². The zero-order valence-corrected chi connectivity index (χ0v) is 10.6. The van der Waals surface area contributed by atoms with Crippen molar-refractivity contribution < 1.29 is 23.1 Å². The van der Waals surface area contributed by atoms with Gasteiger partial charge < -0.3 is 9.67 Å². The van der Waals surface area contributed by atoms with E-state index in [-0.39, 0.29) is 16.7 Å². The number of aromatic carboxylic acids is 1. The van der Waals surface area contributed by atoms with Crippen molar-refractivity contribution >= 4 is 5.97 Å². The van der Waals surface area contributed by atoms with E-state index in [9.17, 15) is 18.0 Å².